The van der Waals surface area contributed by atoms with Crippen LogP contribution in [-0.4, -0.2) is 29.0 Å². The maximum atomic E-state index is 5.16. The molecule has 6 heteroatoms. The van der Waals surface area contributed by atoms with Gasteiger partial charge >= 0.3 is 0 Å². The fourth-order valence-corrected chi connectivity index (χ4v) is 1.61. The van der Waals surface area contributed by atoms with E-state index >= 15 is 0 Å². The van der Waals surface area contributed by atoms with Gasteiger partial charge in [0.2, 0.25) is 11.8 Å². The third-order valence-corrected chi connectivity index (χ3v) is 2.51. The predicted octanol–water partition coefficient (Wildman–Crippen LogP) is 1.44. The number of ether oxygens (including phenoxy) is 2. The highest BCUT2D eigenvalue weighted by Gasteiger charge is 2.04. The van der Waals surface area contributed by atoms with E-state index in [-0.39, 0.29) is 0 Å². The van der Waals surface area contributed by atoms with Crippen LogP contribution in [0.15, 0.2) is 24.4 Å². The van der Waals surface area contributed by atoms with Gasteiger partial charge in [0.25, 0.3) is 0 Å². The number of nitrogens with one attached hydrogen (secondary N) is 1. The smallest absolute Gasteiger partial charge is 0.214 e. The first kappa shape index (κ1) is 12.2. The summed E-state index contributed by atoms with van der Waals surface area (Å²) in [6.45, 7) is 0.615. The molecular weight excluding hydrogens is 232 g/mol. The normalized spacial score (nSPS) is 10.2. The molecule has 0 aromatic carbocycles. The summed E-state index contributed by atoms with van der Waals surface area (Å²) in [5.41, 5.74) is 1.84. The second-order valence-electron chi connectivity index (χ2n) is 3.74. The number of nitrogens with zero attached hydrogens (tertiary/aromatic N) is 3. The Morgan fingerprint density at radius 3 is 2.78 bits per heavy atom. The summed E-state index contributed by atoms with van der Waals surface area (Å²) < 4.78 is 11.9. The van der Waals surface area contributed by atoms with Crippen LogP contribution >= 0.6 is 0 Å². The fraction of sp³-hybridized carbons (Fsp3) is 0.333. The van der Waals surface area contributed by atoms with E-state index < -0.39 is 0 Å². The van der Waals surface area contributed by atoms with Gasteiger partial charge in [0.1, 0.15) is 0 Å². The highest BCUT2D eigenvalue weighted by Crippen LogP contribution is 2.16. The SMILES string of the molecule is COc1cc(NCc2cc(OC)n(C)n2)ccn1. The van der Waals surface area contributed by atoms with Crippen molar-refractivity contribution in [2.75, 3.05) is 19.5 Å². The van der Waals surface area contributed by atoms with E-state index in [2.05, 4.69) is 15.4 Å². The van der Waals surface area contributed by atoms with Gasteiger partial charge in [-0.1, -0.05) is 0 Å². The summed E-state index contributed by atoms with van der Waals surface area (Å²) >= 11 is 0. The molecule has 0 aliphatic heterocycles. The number of hydrogen-bond acceptors (Lipinski definition) is 5. The van der Waals surface area contributed by atoms with Crippen molar-refractivity contribution in [2.45, 2.75) is 6.54 Å². The highest BCUT2D eigenvalue weighted by molar-refractivity contribution is 5.45. The second kappa shape index (κ2) is 5.39. The summed E-state index contributed by atoms with van der Waals surface area (Å²) in [5, 5.41) is 7.57. The lowest BCUT2D eigenvalue weighted by molar-refractivity contribution is 0.373. The van der Waals surface area contributed by atoms with E-state index in [1.54, 1.807) is 25.1 Å². The van der Waals surface area contributed by atoms with Crippen molar-refractivity contribution in [3.63, 3.8) is 0 Å². The van der Waals surface area contributed by atoms with Crippen LogP contribution in [0.5, 0.6) is 11.8 Å². The summed E-state index contributed by atoms with van der Waals surface area (Å²) in [6, 6.07) is 5.61. The Balaban J connectivity index is 2.01. The fourth-order valence-electron chi connectivity index (χ4n) is 1.61. The largest absolute Gasteiger partial charge is 0.481 e. The molecule has 2 aromatic heterocycles. The molecule has 0 aliphatic carbocycles. The molecule has 0 aliphatic rings. The van der Waals surface area contributed by atoms with Crippen LogP contribution in [0.2, 0.25) is 0 Å². The number of methoxy groups -OCH3 is 2. The Morgan fingerprint density at radius 1 is 1.28 bits per heavy atom. The lowest BCUT2D eigenvalue weighted by Crippen LogP contribution is -2.01. The number of aromatic nitrogens is 3. The third kappa shape index (κ3) is 2.71. The van der Waals surface area contributed by atoms with Crippen molar-refractivity contribution in [2.24, 2.45) is 7.05 Å². The van der Waals surface area contributed by atoms with Crippen molar-refractivity contribution in [1.29, 1.82) is 0 Å². The van der Waals surface area contributed by atoms with E-state index in [4.69, 9.17) is 9.47 Å². The monoisotopic (exact) mass is 248 g/mol. The van der Waals surface area contributed by atoms with Crippen molar-refractivity contribution >= 4 is 5.69 Å². The minimum absolute atomic E-state index is 0.582. The van der Waals surface area contributed by atoms with Crippen molar-refractivity contribution in [3.8, 4) is 11.8 Å². The zero-order valence-electron chi connectivity index (χ0n) is 10.7. The van der Waals surface area contributed by atoms with Gasteiger partial charge < -0.3 is 14.8 Å². The lowest BCUT2D eigenvalue weighted by Gasteiger charge is -2.05. The minimum atomic E-state index is 0.582. The number of pyridine rings is 1. The summed E-state index contributed by atoms with van der Waals surface area (Å²) in [4.78, 5) is 4.04. The van der Waals surface area contributed by atoms with Gasteiger partial charge in [0, 0.05) is 31.1 Å². The van der Waals surface area contributed by atoms with E-state index in [0.29, 0.717) is 12.4 Å². The first-order chi connectivity index (χ1) is 8.72. The van der Waals surface area contributed by atoms with Gasteiger partial charge in [-0.15, -0.1) is 0 Å². The van der Waals surface area contributed by atoms with E-state index in [1.165, 1.54) is 0 Å². The van der Waals surface area contributed by atoms with Gasteiger partial charge in [-0.3, -0.25) is 0 Å². The van der Waals surface area contributed by atoms with Gasteiger partial charge in [-0.05, 0) is 6.07 Å². The molecule has 2 rings (SSSR count). The van der Waals surface area contributed by atoms with Gasteiger partial charge in [-0.25, -0.2) is 9.67 Å². The predicted molar refractivity (Wildman–Crippen MR) is 67.9 cm³/mol. The molecule has 0 radical (unpaired) electrons. The standard InChI is InChI=1S/C12H16N4O2/c1-16-12(18-3)7-10(15-16)8-14-9-4-5-13-11(6-9)17-2/h4-7H,8H2,1-3H3,(H,13,14). The number of aryl methyl sites for hydroxylation is 1. The molecule has 18 heavy (non-hydrogen) atoms. The van der Waals surface area contributed by atoms with Crippen molar-refractivity contribution in [3.05, 3.63) is 30.1 Å². The first-order valence-electron chi connectivity index (χ1n) is 5.53. The summed E-state index contributed by atoms with van der Waals surface area (Å²) in [6.07, 6.45) is 1.69. The van der Waals surface area contributed by atoms with E-state index in [1.807, 2.05) is 25.2 Å². The summed E-state index contributed by atoms with van der Waals surface area (Å²) in [7, 11) is 5.06. The van der Waals surface area contributed by atoms with E-state index in [0.717, 1.165) is 17.3 Å². The Labute approximate surface area is 106 Å². The highest BCUT2D eigenvalue weighted by atomic mass is 16.5. The van der Waals surface area contributed by atoms with Gasteiger partial charge in [0.05, 0.1) is 26.5 Å². The summed E-state index contributed by atoms with van der Waals surface area (Å²) in [5.74, 6) is 1.32. The molecule has 0 atom stereocenters. The van der Waals surface area contributed by atoms with Crippen molar-refractivity contribution in [1.82, 2.24) is 14.8 Å². The molecule has 0 saturated heterocycles. The van der Waals surface area contributed by atoms with Crippen LogP contribution in [-0.2, 0) is 13.6 Å². The number of rotatable bonds is 5. The van der Waals surface area contributed by atoms with Crippen LogP contribution in [0.25, 0.3) is 0 Å². The second-order valence-corrected chi connectivity index (χ2v) is 3.74. The zero-order valence-corrected chi connectivity index (χ0v) is 10.7. The molecule has 96 valence electrons. The molecule has 0 bridgehead atoms. The van der Waals surface area contributed by atoms with Crippen LogP contribution < -0.4 is 14.8 Å². The maximum absolute atomic E-state index is 5.16. The molecular formula is C12H16N4O2. The van der Waals surface area contributed by atoms with Gasteiger partial charge in [0.15, 0.2) is 0 Å². The maximum Gasteiger partial charge on any atom is 0.214 e. The molecule has 2 aromatic rings. The topological polar surface area (TPSA) is 61.2 Å². The molecule has 0 saturated carbocycles. The van der Waals surface area contributed by atoms with Crippen LogP contribution in [0.3, 0.4) is 0 Å². The Bertz CT molecular complexity index is 525. The molecule has 6 nitrogen and oxygen atoms in total. The first-order valence-corrected chi connectivity index (χ1v) is 5.53. The number of anilines is 1. The molecule has 0 spiro atoms. The Hall–Kier alpha value is -2.24. The van der Waals surface area contributed by atoms with E-state index in [9.17, 15) is 0 Å². The molecule has 2 heterocycles. The third-order valence-electron chi connectivity index (χ3n) is 2.51. The number of hydrogen-bond donors (Lipinski definition) is 1. The zero-order chi connectivity index (χ0) is 13.0. The lowest BCUT2D eigenvalue weighted by atomic mass is 10.3. The Kier molecular flexibility index (Phi) is 3.66. The molecule has 0 amide bonds. The Morgan fingerprint density at radius 2 is 2.11 bits per heavy atom. The van der Waals surface area contributed by atoms with Gasteiger partial charge in [-0.2, -0.15) is 5.10 Å². The molecule has 0 unspecified atom stereocenters. The quantitative estimate of drug-likeness (QED) is 0.867. The minimum Gasteiger partial charge on any atom is -0.481 e. The van der Waals surface area contributed by atoms with Crippen LogP contribution in [0.1, 0.15) is 5.69 Å². The average Bonchev–Trinajstić information content (AvgIpc) is 2.77. The van der Waals surface area contributed by atoms with Crippen LogP contribution in [0.4, 0.5) is 5.69 Å². The van der Waals surface area contributed by atoms with Crippen LogP contribution in [0, 0.1) is 0 Å². The average molecular weight is 248 g/mol. The molecule has 1 N–H and O–H groups in total. The molecule has 0 fully saturated rings. The van der Waals surface area contributed by atoms with Crippen molar-refractivity contribution < 1.29 is 9.47 Å².